The Morgan fingerprint density at radius 2 is 1.64 bits per heavy atom. The molecule has 22 heavy (non-hydrogen) atoms. The molecule has 6 heteroatoms. The molecule has 0 amide bonds. The van der Waals surface area contributed by atoms with Gasteiger partial charge in [-0.2, -0.15) is 0 Å². The fraction of sp³-hybridized carbons (Fsp3) is 0.250. The van der Waals surface area contributed by atoms with Gasteiger partial charge in [-0.3, -0.25) is 0 Å². The summed E-state index contributed by atoms with van der Waals surface area (Å²) < 4.78 is 31.1. The van der Waals surface area contributed by atoms with E-state index in [0.717, 1.165) is 17.4 Å². The maximum absolute atomic E-state index is 13.6. The largest absolute Gasteiger partial charge is 0.497 e. The van der Waals surface area contributed by atoms with Gasteiger partial charge >= 0.3 is 0 Å². The van der Waals surface area contributed by atoms with Crippen molar-refractivity contribution in [2.24, 2.45) is 0 Å². The van der Waals surface area contributed by atoms with Crippen LogP contribution in [-0.4, -0.2) is 11.4 Å². The van der Waals surface area contributed by atoms with E-state index in [2.05, 4.69) is 15.9 Å². The van der Waals surface area contributed by atoms with Crippen LogP contribution in [0.25, 0.3) is 0 Å². The zero-order valence-electron chi connectivity index (χ0n) is 11.4. The lowest BCUT2D eigenvalue weighted by molar-refractivity contribution is 0.414. The van der Waals surface area contributed by atoms with Gasteiger partial charge in [0.15, 0.2) is 11.6 Å². The fourth-order valence-electron chi connectivity index (χ4n) is 2.72. The van der Waals surface area contributed by atoms with Crippen LogP contribution in [0.5, 0.6) is 5.75 Å². The van der Waals surface area contributed by atoms with Crippen molar-refractivity contribution < 1.29 is 13.5 Å². The summed E-state index contributed by atoms with van der Waals surface area (Å²) in [5.41, 5.74) is 1.49. The third kappa shape index (κ3) is 2.61. The van der Waals surface area contributed by atoms with Crippen molar-refractivity contribution >= 4 is 39.1 Å². The van der Waals surface area contributed by atoms with E-state index in [1.165, 1.54) is 6.07 Å². The number of halogens is 5. The molecule has 0 aliphatic heterocycles. The second kappa shape index (κ2) is 5.66. The number of rotatable bonds is 3. The smallest absolute Gasteiger partial charge is 0.172 e. The molecular formula is C16H11BrCl2F2O. The molecule has 1 aliphatic rings. The van der Waals surface area contributed by atoms with Gasteiger partial charge in [0.05, 0.1) is 11.6 Å². The number of hydrogen-bond donors (Lipinski definition) is 0. The van der Waals surface area contributed by atoms with Gasteiger partial charge in [0, 0.05) is 11.8 Å². The third-order valence-corrected chi connectivity index (χ3v) is 5.41. The van der Waals surface area contributed by atoms with E-state index < -0.39 is 16.0 Å². The summed E-state index contributed by atoms with van der Waals surface area (Å²) in [4.78, 5) is 0. The first-order valence-corrected chi connectivity index (χ1v) is 8.07. The molecule has 1 saturated carbocycles. The predicted octanol–water partition coefficient (Wildman–Crippen LogP) is 5.79. The van der Waals surface area contributed by atoms with Crippen LogP contribution in [0.1, 0.15) is 23.0 Å². The summed E-state index contributed by atoms with van der Waals surface area (Å²) in [5.74, 6) is -1.59. The zero-order chi connectivity index (χ0) is 16.1. The topological polar surface area (TPSA) is 9.23 Å². The number of alkyl halides is 2. The second-order valence-electron chi connectivity index (χ2n) is 5.20. The quantitative estimate of drug-likeness (QED) is 0.462. The van der Waals surface area contributed by atoms with Crippen LogP contribution in [0.3, 0.4) is 0 Å². The molecule has 2 aromatic rings. The van der Waals surface area contributed by atoms with Gasteiger partial charge in [-0.1, -0.05) is 12.1 Å². The molecular weight excluding hydrogens is 397 g/mol. The summed E-state index contributed by atoms with van der Waals surface area (Å²) >= 11 is 15.7. The lowest BCUT2D eigenvalue weighted by Gasteiger charge is -2.04. The maximum atomic E-state index is 13.6. The van der Waals surface area contributed by atoms with Crippen LogP contribution in [0.2, 0.25) is 0 Å². The molecule has 2 atom stereocenters. The van der Waals surface area contributed by atoms with Crippen molar-refractivity contribution in [1.82, 2.24) is 0 Å². The Bertz CT molecular complexity index is 696. The van der Waals surface area contributed by atoms with Gasteiger partial charge in [-0.05, 0) is 51.3 Å². The normalized spacial score (nSPS) is 22.5. The summed E-state index contributed by atoms with van der Waals surface area (Å²) in [5, 5.41) is 0. The van der Waals surface area contributed by atoms with Gasteiger partial charge in [-0.15, -0.1) is 23.2 Å². The molecule has 1 fully saturated rings. The molecule has 0 spiro atoms. The van der Waals surface area contributed by atoms with Crippen molar-refractivity contribution in [3.8, 4) is 5.75 Å². The molecule has 0 bridgehead atoms. The average molecular weight is 408 g/mol. The Morgan fingerprint density at radius 3 is 2.18 bits per heavy atom. The summed E-state index contributed by atoms with van der Waals surface area (Å²) in [7, 11) is 1.58. The second-order valence-corrected chi connectivity index (χ2v) is 7.50. The number of methoxy groups -OCH3 is 1. The van der Waals surface area contributed by atoms with Crippen LogP contribution in [0.15, 0.2) is 40.9 Å². The SMILES string of the molecule is COc1ccc(C2C(c3cc(F)c(F)c(Br)c3)C2(Cl)Cl)cc1. The van der Waals surface area contributed by atoms with E-state index in [0.29, 0.717) is 5.56 Å². The minimum Gasteiger partial charge on any atom is -0.497 e. The summed E-state index contributed by atoms with van der Waals surface area (Å²) in [6.45, 7) is 0. The summed E-state index contributed by atoms with van der Waals surface area (Å²) in [6, 6.07) is 10.0. The van der Waals surface area contributed by atoms with E-state index in [1.807, 2.05) is 24.3 Å². The number of benzene rings is 2. The molecule has 0 N–H and O–H groups in total. The lowest BCUT2D eigenvalue weighted by atomic mass is 10.0. The molecule has 0 saturated heterocycles. The fourth-order valence-corrected chi connectivity index (χ4v) is 4.06. The van der Waals surface area contributed by atoms with Gasteiger partial charge in [0.25, 0.3) is 0 Å². The molecule has 1 nitrogen and oxygen atoms in total. The Balaban J connectivity index is 1.95. The first-order chi connectivity index (χ1) is 10.4. The monoisotopic (exact) mass is 406 g/mol. The highest BCUT2D eigenvalue weighted by Crippen LogP contribution is 2.70. The van der Waals surface area contributed by atoms with E-state index in [4.69, 9.17) is 27.9 Å². The molecule has 0 radical (unpaired) electrons. The first-order valence-electron chi connectivity index (χ1n) is 6.52. The molecule has 0 heterocycles. The summed E-state index contributed by atoms with van der Waals surface area (Å²) in [6.07, 6.45) is 0. The molecule has 116 valence electrons. The van der Waals surface area contributed by atoms with Crippen LogP contribution in [0.4, 0.5) is 8.78 Å². The van der Waals surface area contributed by atoms with Crippen LogP contribution < -0.4 is 4.74 Å². The Morgan fingerprint density at radius 1 is 1.05 bits per heavy atom. The molecule has 2 aromatic carbocycles. The highest BCUT2D eigenvalue weighted by Gasteiger charge is 2.64. The standard InChI is InChI=1S/C16H11BrCl2F2O/c1-22-10-4-2-8(3-5-10)13-14(16(13,18)19)9-6-11(17)15(21)12(20)7-9/h2-7,13-14H,1H3. The van der Waals surface area contributed by atoms with Crippen LogP contribution >= 0.6 is 39.1 Å². The minimum absolute atomic E-state index is 0.0621. The highest BCUT2D eigenvalue weighted by molar-refractivity contribution is 9.10. The van der Waals surface area contributed by atoms with Gasteiger partial charge < -0.3 is 4.74 Å². The Kier molecular flexibility index (Phi) is 4.12. The lowest BCUT2D eigenvalue weighted by Crippen LogP contribution is -1.94. The molecule has 1 aliphatic carbocycles. The zero-order valence-corrected chi connectivity index (χ0v) is 14.5. The van der Waals surface area contributed by atoms with Crippen LogP contribution in [0, 0.1) is 11.6 Å². The van der Waals surface area contributed by atoms with Crippen molar-refractivity contribution in [2.45, 2.75) is 16.2 Å². The van der Waals surface area contributed by atoms with E-state index in [1.54, 1.807) is 7.11 Å². The van der Waals surface area contributed by atoms with Gasteiger partial charge in [-0.25, -0.2) is 8.78 Å². The molecule has 0 aromatic heterocycles. The van der Waals surface area contributed by atoms with E-state index in [-0.39, 0.29) is 16.3 Å². The van der Waals surface area contributed by atoms with E-state index in [9.17, 15) is 8.78 Å². The number of ether oxygens (including phenoxy) is 1. The molecule has 2 unspecified atom stereocenters. The van der Waals surface area contributed by atoms with Crippen molar-refractivity contribution in [3.05, 3.63) is 63.6 Å². The van der Waals surface area contributed by atoms with Crippen molar-refractivity contribution in [2.75, 3.05) is 7.11 Å². The Labute approximate surface area is 145 Å². The van der Waals surface area contributed by atoms with Crippen molar-refractivity contribution in [1.29, 1.82) is 0 Å². The molecule has 3 rings (SSSR count). The maximum Gasteiger partial charge on any atom is 0.172 e. The highest BCUT2D eigenvalue weighted by atomic mass is 79.9. The third-order valence-electron chi connectivity index (χ3n) is 3.89. The minimum atomic E-state index is -1.04. The van der Waals surface area contributed by atoms with E-state index >= 15 is 0 Å². The van der Waals surface area contributed by atoms with Gasteiger partial charge in [0.1, 0.15) is 10.1 Å². The Hall–Kier alpha value is -0.840. The number of hydrogen-bond acceptors (Lipinski definition) is 1. The van der Waals surface area contributed by atoms with Crippen molar-refractivity contribution in [3.63, 3.8) is 0 Å². The predicted molar refractivity (Wildman–Crippen MR) is 87.0 cm³/mol. The first kappa shape index (κ1) is 16.0. The average Bonchev–Trinajstić information content (AvgIpc) is 3.07. The van der Waals surface area contributed by atoms with Crippen LogP contribution in [-0.2, 0) is 0 Å². The van der Waals surface area contributed by atoms with Gasteiger partial charge in [0.2, 0.25) is 0 Å².